The Morgan fingerprint density at radius 1 is 1.28 bits per heavy atom. The minimum absolute atomic E-state index is 0.00906. The zero-order valence-corrected chi connectivity index (χ0v) is 14.9. The fourth-order valence-electron chi connectivity index (χ4n) is 3.47. The van der Waals surface area contributed by atoms with Crippen LogP contribution in [0.25, 0.3) is 10.2 Å². The van der Waals surface area contributed by atoms with E-state index in [1.165, 1.54) is 15.8 Å². The first-order valence-corrected chi connectivity index (χ1v) is 9.35. The number of benzene rings is 1. The second-order valence-electron chi connectivity index (χ2n) is 6.19. The molecule has 4 rings (SSSR count). The van der Waals surface area contributed by atoms with Crippen molar-refractivity contribution in [1.29, 1.82) is 0 Å². The van der Waals surface area contributed by atoms with Gasteiger partial charge in [0.1, 0.15) is 11.4 Å². The zero-order chi connectivity index (χ0) is 17.4. The Bertz CT molecular complexity index is 991. The molecule has 0 unspecified atom stereocenters. The molecule has 0 radical (unpaired) electrons. The second-order valence-corrected chi connectivity index (χ2v) is 7.27. The standard InChI is InChI=1S/C19H19N3O2S/c1-2-22(13-7-4-3-5-8-13)16(23)11-21-12-20-18-17(19(21)24)14-9-6-10-15(14)25-18/h3-5,7-8,12H,2,6,9-11H2,1H3. The van der Waals surface area contributed by atoms with Gasteiger partial charge in [0.2, 0.25) is 5.91 Å². The largest absolute Gasteiger partial charge is 0.311 e. The smallest absolute Gasteiger partial charge is 0.262 e. The van der Waals surface area contributed by atoms with Gasteiger partial charge in [-0.25, -0.2) is 4.98 Å². The van der Waals surface area contributed by atoms with E-state index in [9.17, 15) is 9.59 Å². The second kappa shape index (κ2) is 6.44. The molecule has 128 valence electrons. The lowest BCUT2D eigenvalue weighted by Gasteiger charge is -2.21. The van der Waals surface area contributed by atoms with Crippen molar-refractivity contribution in [1.82, 2.24) is 9.55 Å². The number of para-hydroxylation sites is 1. The summed E-state index contributed by atoms with van der Waals surface area (Å²) >= 11 is 1.62. The van der Waals surface area contributed by atoms with Crippen LogP contribution in [0.4, 0.5) is 5.69 Å². The van der Waals surface area contributed by atoms with Crippen molar-refractivity contribution in [3.05, 3.63) is 57.5 Å². The van der Waals surface area contributed by atoms with E-state index in [1.54, 1.807) is 16.2 Å². The van der Waals surface area contributed by atoms with Gasteiger partial charge in [-0.3, -0.25) is 14.2 Å². The predicted octanol–water partition coefficient (Wildman–Crippen LogP) is 3.00. The molecule has 1 amide bonds. The molecule has 0 aliphatic heterocycles. The number of thiophene rings is 1. The Hall–Kier alpha value is -2.47. The third-order valence-corrected chi connectivity index (χ3v) is 5.88. The predicted molar refractivity (Wildman–Crippen MR) is 100 cm³/mol. The summed E-state index contributed by atoms with van der Waals surface area (Å²) in [6, 6.07) is 9.52. The topological polar surface area (TPSA) is 55.2 Å². The Kier molecular flexibility index (Phi) is 4.13. The third-order valence-electron chi connectivity index (χ3n) is 4.68. The van der Waals surface area contributed by atoms with Crippen LogP contribution in [-0.2, 0) is 24.2 Å². The number of aryl methyl sites for hydroxylation is 2. The molecular formula is C19H19N3O2S. The van der Waals surface area contributed by atoms with Gasteiger partial charge in [0.15, 0.2) is 0 Å². The number of carbonyl (C=O) groups is 1. The van der Waals surface area contributed by atoms with Crippen molar-refractivity contribution in [2.45, 2.75) is 32.7 Å². The molecule has 25 heavy (non-hydrogen) atoms. The molecule has 0 spiro atoms. The summed E-state index contributed by atoms with van der Waals surface area (Å²) in [5.41, 5.74) is 1.89. The van der Waals surface area contributed by atoms with Crippen LogP contribution in [0.5, 0.6) is 0 Å². The average molecular weight is 353 g/mol. The summed E-state index contributed by atoms with van der Waals surface area (Å²) in [5.74, 6) is -0.108. The van der Waals surface area contributed by atoms with Crippen LogP contribution in [0.2, 0.25) is 0 Å². The minimum atomic E-state index is -0.108. The van der Waals surface area contributed by atoms with E-state index in [-0.39, 0.29) is 18.0 Å². The Labute approximate surface area is 149 Å². The third kappa shape index (κ3) is 2.76. The molecule has 0 saturated carbocycles. The lowest BCUT2D eigenvalue weighted by molar-refractivity contribution is -0.119. The van der Waals surface area contributed by atoms with Crippen LogP contribution < -0.4 is 10.5 Å². The molecule has 5 nitrogen and oxygen atoms in total. The Morgan fingerprint density at radius 2 is 2.08 bits per heavy atom. The maximum atomic E-state index is 12.9. The van der Waals surface area contributed by atoms with Gasteiger partial charge in [0.05, 0.1) is 11.7 Å². The molecule has 2 heterocycles. The van der Waals surface area contributed by atoms with Crippen molar-refractivity contribution in [2.75, 3.05) is 11.4 Å². The molecule has 2 aromatic heterocycles. The molecule has 1 aliphatic carbocycles. The van der Waals surface area contributed by atoms with Crippen LogP contribution in [-0.4, -0.2) is 22.0 Å². The van der Waals surface area contributed by atoms with Gasteiger partial charge in [-0.15, -0.1) is 11.3 Å². The summed E-state index contributed by atoms with van der Waals surface area (Å²) in [4.78, 5) is 33.8. The zero-order valence-electron chi connectivity index (χ0n) is 14.1. The number of nitrogens with zero attached hydrogens (tertiary/aromatic N) is 3. The van der Waals surface area contributed by atoms with E-state index >= 15 is 0 Å². The Balaban J connectivity index is 1.67. The van der Waals surface area contributed by atoms with Crippen LogP contribution in [0, 0.1) is 0 Å². The first kappa shape index (κ1) is 16.0. The summed E-state index contributed by atoms with van der Waals surface area (Å²) in [7, 11) is 0. The molecule has 0 saturated heterocycles. The summed E-state index contributed by atoms with van der Waals surface area (Å²) in [6.45, 7) is 2.50. The molecule has 0 fully saturated rings. The normalized spacial score (nSPS) is 13.2. The van der Waals surface area contributed by atoms with Crippen LogP contribution in [0.15, 0.2) is 41.5 Å². The molecule has 3 aromatic rings. The van der Waals surface area contributed by atoms with Crippen molar-refractivity contribution in [3.63, 3.8) is 0 Å². The molecule has 6 heteroatoms. The van der Waals surface area contributed by atoms with E-state index in [4.69, 9.17) is 0 Å². The molecule has 0 bridgehead atoms. The van der Waals surface area contributed by atoms with Crippen LogP contribution in [0.3, 0.4) is 0 Å². The van der Waals surface area contributed by atoms with Gasteiger partial charge in [-0.05, 0) is 43.9 Å². The number of anilines is 1. The molecule has 1 aliphatic rings. The van der Waals surface area contributed by atoms with E-state index in [0.717, 1.165) is 40.7 Å². The quantitative estimate of drug-likeness (QED) is 0.724. The fourth-order valence-corrected chi connectivity index (χ4v) is 4.69. The van der Waals surface area contributed by atoms with E-state index < -0.39 is 0 Å². The van der Waals surface area contributed by atoms with Gasteiger partial charge >= 0.3 is 0 Å². The molecule has 0 atom stereocenters. The molecule has 1 aromatic carbocycles. The van der Waals surface area contributed by atoms with E-state index in [1.807, 2.05) is 37.3 Å². The number of hydrogen-bond acceptors (Lipinski definition) is 4. The SMILES string of the molecule is CCN(C(=O)Cn1cnc2sc3c(c2c1=O)CCC3)c1ccccc1. The lowest BCUT2D eigenvalue weighted by Crippen LogP contribution is -2.36. The number of rotatable bonds is 4. The van der Waals surface area contributed by atoms with Gasteiger partial charge in [0, 0.05) is 17.1 Å². The van der Waals surface area contributed by atoms with Gasteiger partial charge in [-0.1, -0.05) is 18.2 Å². The van der Waals surface area contributed by atoms with Crippen LogP contribution in [0.1, 0.15) is 23.8 Å². The van der Waals surface area contributed by atoms with Gasteiger partial charge in [-0.2, -0.15) is 0 Å². The first-order valence-electron chi connectivity index (χ1n) is 8.54. The average Bonchev–Trinajstić information content (AvgIpc) is 3.20. The highest BCUT2D eigenvalue weighted by molar-refractivity contribution is 7.18. The molecular weight excluding hydrogens is 334 g/mol. The first-order chi connectivity index (χ1) is 12.2. The maximum absolute atomic E-state index is 12.9. The minimum Gasteiger partial charge on any atom is -0.311 e. The van der Waals surface area contributed by atoms with E-state index in [0.29, 0.717) is 6.54 Å². The summed E-state index contributed by atoms with van der Waals surface area (Å²) in [6.07, 6.45) is 4.58. The van der Waals surface area contributed by atoms with Crippen molar-refractivity contribution in [3.8, 4) is 0 Å². The number of carbonyl (C=O) groups excluding carboxylic acids is 1. The number of likely N-dealkylation sites (N-methyl/N-ethyl adjacent to an activating group) is 1. The van der Waals surface area contributed by atoms with Crippen LogP contribution >= 0.6 is 11.3 Å². The number of hydrogen-bond donors (Lipinski definition) is 0. The monoisotopic (exact) mass is 353 g/mol. The van der Waals surface area contributed by atoms with Crippen molar-refractivity contribution < 1.29 is 4.79 Å². The highest BCUT2D eigenvalue weighted by Gasteiger charge is 2.22. The highest BCUT2D eigenvalue weighted by atomic mass is 32.1. The summed E-state index contributed by atoms with van der Waals surface area (Å²) < 4.78 is 1.45. The van der Waals surface area contributed by atoms with Gasteiger partial charge < -0.3 is 4.90 Å². The fraction of sp³-hybridized carbons (Fsp3) is 0.316. The number of fused-ring (bicyclic) bond motifs is 3. The highest BCUT2D eigenvalue weighted by Crippen LogP contribution is 2.34. The van der Waals surface area contributed by atoms with Crippen molar-refractivity contribution >= 4 is 33.1 Å². The van der Waals surface area contributed by atoms with Gasteiger partial charge in [0.25, 0.3) is 5.56 Å². The number of amides is 1. The lowest BCUT2D eigenvalue weighted by atomic mass is 10.2. The van der Waals surface area contributed by atoms with E-state index in [2.05, 4.69) is 4.98 Å². The maximum Gasteiger partial charge on any atom is 0.262 e. The molecule has 0 N–H and O–H groups in total. The Morgan fingerprint density at radius 3 is 2.84 bits per heavy atom. The summed E-state index contributed by atoms with van der Waals surface area (Å²) in [5, 5.41) is 0.718. The number of aromatic nitrogens is 2. The van der Waals surface area contributed by atoms with Crippen molar-refractivity contribution in [2.24, 2.45) is 0 Å².